The van der Waals surface area contributed by atoms with Crippen LogP contribution in [-0.4, -0.2) is 58.6 Å². The van der Waals surface area contributed by atoms with Crippen LogP contribution in [-0.2, 0) is 16.1 Å². The molecule has 1 amide bonds. The number of rotatable bonds is 8. The van der Waals surface area contributed by atoms with Gasteiger partial charge in [-0.25, -0.2) is 9.48 Å². The predicted molar refractivity (Wildman–Crippen MR) is 112 cm³/mol. The highest BCUT2D eigenvalue weighted by Crippen LogP contribution is 2.37. The molecule has 8 nitrogen and oxygen atoms in total. The second-order valence-electron chi connectivity index (χ2n) is 8.19. The molecule has 1 saturated carbocycles. The maximum absolute atomic E-state index is 12.8. The molecule has 1 aliphatic carbocycles. The van der Waals surface area contributed by atoms with Gasteiger partial charge >= 0.3 is 5.69 Å². The molecule has 0 bridgehead atoms. The minimum atomic E-state index is -0.0594. The van der Waals surface area contributed by atoms with Crippen LogP contribution in [0.2, 0.25) is 0 Å². The maximum atomic E-state index is 12.8. The van der Waals surface area contributed by atoms with Gasteiger partial charge in [0, 0.05) is 32.2 Å². The molecule has 30 heavy (non-hydrogen) atoms. The molecule has 2 aliphatic rings. The van der Waals surface area contributed by atoms with Crippen LogP contribution in [0.1, 0.15) is 49.0 Å². The average molecular weight is 415 g/mol. The average Bonchev–Trinajstić information content (AvgIpc) is 3.54. The lowest BCUT2D eigenvalue weighted by Crippen LogP contribution is -2.42. The molecule has 4 rings (SSSR count). The van der Waals surface area contributed by atoms with Crippen LogP contribution in [0.25, 0.3) is 0 Å². The van der Waals surface area contributed by atoms with Crippen molar-refractivity contribution in [1.82, 2.24) is 19.2 Å². The van der Waals surface area contributed by atoms with Crippen molar-refractivity contribution in [2.45, 2.75) is 51.1 Å². The lowest BCUT2D eigenvalue weighted by atomic mass is 9.97. The van der Waals surface area contributed by atoms with E-state index in [-0.39, 0.29) is 30.2 Å². The number of nitrogens with zero attached hydrogens (tertiary/aromatic N) is 4. The van der Waals surface area contributed by atoms with Crippen LogP contribution in [0.4, 0.5) is 0 Å². The summed E-state index contributed by atoms with van der Waals surface area (Å²) in [4.78, 5) is 27.5. The Kier molecular flexibility index (Phi) is 6.22. The van der Waals surface area contributed by atoms with Gasteiger partial charge in [0.05, 0.1) is 13.2 Å². The van der Waals surface area contributed by atoms with E-state index in [4.69, 9.17) is 9.47 Å². The number of carbonyl (C=O) groups is 1. The maximum Gasteiger partial charge on any atom is 0.346 e. The summed E-state index contributed by atoms with van der Waals surface area (Å²) in [5.41, 5.74) is 0.952. The Hall–Kier alpha value is -2.61. The standard InChI is InChI=1S/C22H30N4O4/c1-16-6-3-4-8-19(16)30-15-20(27)24-11-5-7-17(14-24)21-23-25(12-13-29-2)22(28)26(21)18-9-10-18/h3-4,6,8,17-18H,5,7,9-15H2,1-2H3. The van der Waals surface area contributed by atoms with Crippen molar-refractivity contribution in [1.29, 1.82) is 0 Å². The fourth-order valence-corrected chi connectivity index (χ4v) is 4.08. The van der Waals surface area contributed by atoms with Crippen molar-refractivity contribution in [3.05, 3.63) is 46.1 Å². The van der Waals surface area contributed by atoms with E-state index in [1.54, 1.807) is 7.11 Å². The molecular formula is C22H30N4O4. The first kappa shape index (κ1) is 20.7. The van der Waals surface area contributed by atoms with Gasteiger partial charge in [-0.2, -0.15) is 5.10 Å². The monoisotopic (exact) mass is 414 g/mol. The van der Waals surface area contributed by atoms with Gasteiger partial charge in [0.1, 0.15) is 11.6 Å². The van der Waals surface area contributed by atoms with Gasteiger partial charge in [0.15, 0.2) is 6.61 Å². The molecule has 0 N–H and O–H groups in total. The smallest absolute Gasteiger partial charge is 0.346 e. The highest BCUT2D eigenvalue weighted by atomic mass is 16.5. The van der Waals surface area contributed by atoms with Crippen LogP contribution in [0.5, 0.6) is 5.75 Å². The van der Waals surface area contributed by atoms with Crippen LogP contribution in [0.3, 0.4) is 0 Å². The summed E-state index contributed by atoms with van der Waals surface area (Å²) >= 11 is 0. The van der Waals surface area contributed by atoms with Gasteiger partial charge in [-0.1, -0.05) is 18.2 Å². The molecule has 1 atom stereocenters. The third-order valence-corrected chi connectivity index (χ3v) is 5.90. The second-order valence-corrected chi connectivity index (χ2v) is 8.19. The number of likely N-dealkylation sites (tertiary alicyclic amines) is 1. The van der Waals surface area contributed by atoms with E-state index < -0.39 is 0 Å². The molecule has 1 aromatic heterocycles. The van der Waals surface area contributed by atoms with Crippen LogP contribution in [0.15, 0.2) is 29.1 Å². The van der Waals surface area contributed by atoms with Crippen molar-refractivity contribution in [3.63, 3.8) is 0 Å². The number of carbonyl (C=O) groups excluding carboxylic acids is 1. The number of piperidine rings is 1. The first-order valence-electron chi connectivity index (χ1n) is 10.7. The summed E-state index contributed by atoms with van der Waals surface area (Å²) in [6.07, 6.45) is 3.85. The van der Waals surface area contributed by atoms with Crippen molar-refractivity contribution >= 4 is 5.91 Å². The van der Waals surface area contributed by atoms with Crippen LogP contribution >= 0.6 is 0 Å². The summed E-state index contributed by atoms with van der Waals surface area (Å²) in [5, 5.41) is 4.65. The molecule has 0 spiro atoms. The Morgan fingerprint density at radius 2 is 2.03 bits per heavy atom. The molecule has 8 heteroatoms. The van der Waals surface area contributed by atoms with Crippen LogP contribution < -0.4 is 10.4 Å². The lowest BCUT2D eigenvalue weighted by Gasteiger charge is -2.32. The Morgan fingerprint density at radius 1 is 1.23 bits per heavy atom. The van der Waals surface area contributed by atoms with Crippen molar-refractivity contribution in [2.75, 3.05) is 33.4 Å². The summed E-state index contributed by atoms with van der Waals surface area (Å²) < 4.78 is 14.2. The Bertz CT molecular complexity index is 947. The zero-order valence-corrected chi connectivity index (χ0v) is 17.7. The Balaban J connectivity index is 1.45. The highest BCUT2D eigenvalue weighted by Gasteiger charge is 2.35. The molecule has 1 aliphatic heterocycles. The lowest BCUT2D eigenvalue weighted by molar-refractivity contribution is -0.134. The van der Waals surface area contributed by atoms with Crippen molar-refractivity contribution in [3.8, 4) is 5.75 Å². The second kappa shape index (κ2) is 9.04. The SMILES string of the molecule is COCCn1nc(C2CCCN(C(=O)COc3ccccc3C)C2)n(C2CC2)c1=O. The molecule has 1 saturated heterocycles. The van der Waals surface area contributed by atoms with E-state index in [1.807, 2.05) is 40.7 Å². The number of benzene rings is 1. The summed E-state index contributed by atoms with van der Waals surface area (Å²) in [6.45, 7) is 4.17. The highest BCUT2D eigenvalue weighted by molar-refractivity contribution is 5.78. The fourth-order valence-electron chi connectivity index (χ4n) is 4.08. The molecule has 2 heterocycles. The third kappa shape index (κ3) is 4.43. The van der Waals surface area contributed by atoms with Crippen molar-refractivity contribution in [2.24, 2.45) is 0 Å². The number of para-hydroxylation sites is 1. The Labute approximate surface area is 176 Å². The van der Waals surface area contributed by atoms with E-state index in [2.05, 4.69) is 5.10 Å². The van der Waals surface area contributed by atoms with Gasteiger partial charge < -0.3 is 14.4 Å². The zero-order chi connectivity index (χ0) is 21.1. The molecular weight excluding hydrogens is 384 g/mol. The quantitative estimate of drug-likeness (QED) is 0.661. The van der Waals surface area contributed by atoms with Crippen molar-refractivity contribution < 1.29 is 14.3 Å². The van der Waals surface area contributed by atoms with E-state index in [0.717, 1.165) is 42.8 Å². The molecule has 1 aromatic carbocycles. The molecule has 1 unspecified atom stereocenters. The van der Waals surface area contributed by atoms with Gasteiger partial charge in [0.2, 0.25) is 0 Å². The molecule has 2 fully saturated rings. The number of aryl methyl sites for hydroxylation is 1. The van der Waals surface area contributed by atoms with Gasteiger partial charge in [-0.15, -0.1) is 0 Å². The van der Waals surface area contributed by atoms with E-state index in [9.17, 15) is 9.59 Å². The largest absolute Gasteiger partial charge is 0.484 e. The normalized spacial score (nSPS) is 19.1. The third-order valence-electron chi connectivity index (χ3n) is 5.90. The molecule has 0 radical (unpaired) electrons. The predicted octanol–water partition coefficient (Wildman–Crippen LogP) is 2.12. The number of aromatic nitrogens is 3. The Morgan fingerprint density at radius 3 is 2.77 bits per heavy atom. The van der Waals surface area contributed by atoms with Gasteiger partial charge in [-0.3, -0.25) is 9.36 Å². The number of hydrogen-bond acceptors (Lipinski definition) is 5. The van der Waals surface area contributed by atoms with E-state index in [0.29, 0.717) is 26.2 Å². The number of amides is 1. The topological polar surface area (TPSA) is 78.6 Å². The summed E-state index contributed by atoms with van der Waals surface area (Å²) in [7, 11) is 1.62. The summed E-state index contributed by atoms with van der Waals surface area (Å²) in [5.74, 6) is 1.59. The van der Waals surface area contributed by atoms with E-state index in [1.165, 1.54) is 4.68 Å². The summed E-state index contributed by atoms with van der Waals surface area (Å²) in [6, 6.07) is 7.95. The number of hydrogen-bond donors (Lipinski definition) is 0. The first-order chi connectivity index (χ1) is 14.6. The van der Waals surface area contributed by atoms with Gasteiger partial charge in [-0.05, 0) is 44.2 Å². The minimum Gasteiger partial charge on any atom is -0.484 e. The number of methoxy groups -OCH3 is 1. The number of ether oxygens (including phenoxy) is 2. The van der Waals surface area contributed by atoms with Crippen LogP contribution in [0, 0.1) is 6.92 Å². The molecule has 162 valence electrons. The van der Waals surface area contributed by atoms with E-state index >= 15 is 0 Å². The first-order valence-corrected chi connectivity index (χ1v) is 10.7. The molecule has 2 aromatic rings. The minimum absolute atomic E-state index is 0.0231. The zero-order valence-electron chi connectivity index (χ0n) is 17.7. The fraction of sp³-hybridized carbons (Fsp3) is 0.591. The van der Waals surface area contributed by atoms with Gasteiger partial charge in [0.25, 0.3) is 5.91 Å².